The van der Waals surface area contributed by atoms with Crippen molar-refractivity contribution in [2.24, 2.45) is 4.99 Å². The minimum atomic E-state index is 0.143. The molecule has 1 N–H and O–H groups in total. The van der Waals surface area contributed by atoms with Crippen LogP contribution < -0.4 is 0 Å². The Kier molecular flexibility index (Phi) is 3.63. The van der Waals surface area contributed by atoms with Crippen LogP contribution in [0.3, 0.4) is 0 Å². The number of piperidine rings is 1. The molecule has 0 bridgehead atoms. The van der Waals surface area contributed by atoms with Gasteiger partial charge in [0.05, 0.1) is 0 Å². The fourth-order valence-corrected chi connectivity index (χ4v) is 4.08. The summed E-state index contributed by atoms with van der Waals surface area (Å²) in [5, 5.41) is 1.31. The molecule has 1 aromatic heterocycles. The van der Waals surface area contributed by atoms with Crippen molar-refractivity contribution in [2.75, 3.05) is 13.1 Å². The Morgan fingerprint density at radius 1 is 1.08 bits per heavy atom. The monoisotopic (exact) mass is 343 g/mol. The highest BCUT2D eigenvalue weighted by atomic mass is 16.2. The number of amides is 1. The van der Waals surface area contributed by atoms with E-state index < -0.39 is 0 Å². The quantitative estimate of drug-likeness (QED) is 0.757. The highest BCUT2D eigenvalue weighted by molar-refractivity contribution is 5.95. The zero-order valence-electron chi connectivity index (χ0n) is 14.6. The lowest BCUT2D eigenvalue weighted by Crippen LogP contribution is -2.37. The summed E-state index contributed by atoms with van der Waals surface area (Å²) in [5.41, 5.74) is 4.48. The molecule has 3 aromatic rings. The maximum Gasteiger partial charge on any atom is 0.253 e. The van der Waals surface area contributed by atoms with Crippen molar-refractivity contribution in [3.05, 3.63) is 71.4 Å². The Balaban J connectivity index is 1.29. The second kappa shape index (κ2) is 6.13. The molecule has 26 heavy (non-hydrogen) atoms. The predicted octanol–water partition coefficient (Wildman–Crippen LogP) is 4.31. The molecule has 3 heterocycles. The van der Waals surface area contributed by atoms with Crippen molar-refractivity contribution in [3.8, 4) is 0 Å². The number of nitrogens with one attached hydrogen (secondary N) is 1. The number of aliphatic imine (C=N–C) groups is 1. The number of rotatable bonds is 3. The van der Waals surface area contributed by atoms with Gasteiger partial charge in [-0.2, -0.15) is 0 Å². The average Bonchev–Trinajstić information content (AvgIpc) is 3.47. The molecule has 2 aliphatic rings. The van der Waals surface area contributed by atoms with E-state index in [9.17, 15) is 4.79 Å². The summed E-state index contributed by atoms with van der Waals surface area (Å²) in [6.07, 6.45) is 6.08. The second-order valence-electron chi connectivity index (χ2n) is 7.22. The van der Waals surface area contributed by atoms with Crippen molar-refractivity contribution in [3.63, 3.8) is 0 Å². The smallest absolute Gasteiger partial charge is 0.253 e. The Labute approximate surface area is 152 Å². The van der Waals surface area contributed by atoms with Crippen molar-refractivity contribution in [2.45, 2.75) is 24.8 Å². The van der Waals surface area contributed by atoms with Crippen LogP contribution in [0.25, 0.3) is 10.9 Å². The molecule has 0 spiro atoms. The summed E-state index contributed by atoms with van der Waals surface area (Å²) in [4.78, 5) is 22.4. The number of benzene rings is 2. The van der Waals surface area contributed by atoms with Crippen LogP contribution in [0.4, 0.5) is 0 Å². The van der Waals surface area contributed by atoms with Gasteiger partial charge < -0.3 is 9.88 Å². The summed E-state index contributed by atoms with van der Waals surface area (Å²) >= 11 is 0. The fraction of sp³-hybridized carbons (Fsp3) is 0.273. The van der Waals surface area contributed by atoms with Crippen LogP contribution in [-0.2, 0) is 0 Å². The van der Waals surface area contributed by atoms with Crippen LogP contribution in [0, 0.1) is 0 Å². The zero-order chi connectivity index (χ0) is 17.5. The van der Waals surface area contributed by atoms with Gasteiger partial charge in [0.15, 0.2) is 0 Å². The van der Waals surface area contributed by atoms with E-state index >= 15 is 0 Å². The highest BCUT2D eigenvalue weighted by Gasteiger charge is 2.26. The fourth-order valence-electron chi connectivity index (χ4n) is 4.08. The normalized spacial score (nSPS) is 19.8. The number of nitrogens with zero attached hydrogens (tertiary/aromatic N) is 2. The van der Waals surface area contributed by atoms with E-state index in [0.717, 1.165) is 37.1 Å². The van der Waals surface area contributed by atoms with E-state index in [-0.39, 0.29) is 11.9 Å². The number of fused-ring (bicyclic) bond motifs is 1. The number of H-pyrrole nitrogens is 1. The van der Waals surface area contributed by atoms with Crippen LogP contribution >= 0.6 is 0 Å². The maximum atomic E-state index is 12.9. The summed E-state index contributed by atoms with van der Waals surface area (Å²) < 4.78 is 0. The van der Waals surface area contributed by atoms with E-state index in [1.807, 2.05) is 35.4 Å². The van der Waals surface area contributed by atoms with Gasteiger partial charge in [-0.25, -0.2) is 0 Å². The number of hydrogen-bond acceptors (Lipinski definition) is 2. The van der Waals surface area contributed by atoms with Crippen molar-refractivity contribution in [1.82, 2.24) is 9.88 Å². The lowest BCUT2D eigenvalue weighted by Gasteiger charge is -2.32. The summed E-state index contributed by atoms with van der Waals surface area (Å²) in [6.45, 7) is 1.63. The van der Waals surface area contributed by atoms with Crippen molar-refractivity contribution < 1.29 is 4.79 Å². The van der Waals surface area contributed by atoms with E-state index in [2.05, 4.69) is 40.4 Å². The van der Waals surface area contributed by atoms with Crippen LogP contribution in [0.2, 0.25) is 0 Å². The number of hydrogen-bond donors (Lipinski definition) is 1. The Bertz CT molecular complexity index is 989. The molecule has 2 aliphatic heterocycles. The molecule has 1 unspecified atom stereocenters. The molecule has 1 fully saturated rings. The first-order valence-corrected chi connectivity index (χ1v) is 9.28. The molecule has 2 aromatic carbocycles. The summed E-state index contributed by atoms with van der Waals surface area (Å²) in [7, 11) is 0. The van der Waals surface area contributed by atoms with E-state index in [0.29, 0.717) is 5.92 Å². The Hall–Kier alpha value is -2.88. The second-order valence-corrected chi connectivity index (χ2v) is 7.22. The largest absolute Gasteiger partial charge is 0.361 e. The lowest BCUT2D eigenvalue weighted by molar-refractivity contribution is 0.0713. The highest BCUT2D eigenvalue weighted by Crippen LogP contribution is 2.33. The van der Waals surface area contributed by atoms with E-state index in [4.69, 9.17) is 0 Å². The molecule has 4 nitrogen and oxygen atoms in total. The molecule has 0 saturated carbocycles. The first kappa shape index (κ1) is 15.4. The topological polar surface area (TPSA) is 48.5 Å². The van der Waals surface area contributed by atoms with Crippen LogP contribution in [0.5, 0.6) is 0 Å². The van der Waals surface area contributed by atoms with E-state index in [1.165, 1.54) is 16.5 Å². The zero-order valence-corrected chi connectivity index (χ0v) is 14.6. The molecule has 1 atom stereocenters. The van der Waals surface area contributed by atoms with Crippen molar-refractivity contribution >= 4 is 23.0 Å². The van der Waals surface area contributed by atoms with Gasteiger partial charge in [-0.1, -0.05) is 30.3 Å². The third-order valence-corrected chi connectivity index (χ3v) is 5.62. The van der Waals surface area contributed by atoms with Gasteiger partial charge >= 0.3 is 0 Å². The number of carbonyl (C=O) groups excluding carboxylic acids is 1. The first-order valence-electron chi connectivity index (χ1n) is 9.28. The number of para-hydroxylation sites is 1. The lowest BCUT2D eigenvalue weighted by atomic mass is 9.89. The van der Waals surface area contributed by atoms with Crippen molar-refractivity contribution in [1.29, 1.82) is 0 Å². The van der Waals surface area contributed by atoms with Gasteiger partial charge in [0.1, 0.15) is 6.04 Å². The Morgan fingerprint density at radius 3 is 2.69 bits per heavy atom. The van der Waals surface area contributed by atoms with Crippen LogP contribution in [0.1, 0.15) is 46.3 Å². The molecular weight excluding hydrogens is 322 g/mol. The van der Waals surface area contributed by atoms with Gasteiger partial charge in [-0.15, -0.1) is 0 Å². The molecular formula is C22H21N3O. The minimum absolute atomic E-state index is 0.143. The van der Waals surface area contributed by atoms with E-state index in [1.54, 1.807) is 0 Å². The Morgan fingerprint density at radius 2 is 1.88 bits per heavy atom. The molecule has 4 heteroatoms. The molecule has 0 radical (unpaired) electrons. The van der Waals surface area contributed by atoms with Gasteiger partial charge in [0.2, 0.25) is 0 Å². The number of aromatic amines is 1. The van der Waals surface area contributed by atoms with Gasteiger partial charge in [0.25, 0.3) is 5.91 Å². The van der Waals surface area contributed by atoms with Gasteiger partial charge in [-0.3, -0.25) is 9.79 Å². The van der Waals surface area contributed by atoms with Crippen LogP contribution in [0.15, 0.2) is 59.7 Å². The molecule has 1 amide bonds. The summed E-state index contributed by atoms with van der Waals surface area (Å²) in [5.74, 6) is 0.659. The number of carbonyl (C=O) groups is 1. The third kappa shape index (κ3) is 2.71. The average molecular weight is 343 g/mol. The molecule has 5 rings (SSSR count). The predicted molar refractivity (Wildman–Crippen MR) is 104 cm³/mol. The van der Waals surface area contributed by atoms with Gasteiger partial charge in [0, 0.05) is 42.0 Å². The maximum absolute atomic E-state index is 12.9. The minimum Gasteiger partial charge on any atom is -0.361 e. The number of aromatic nitrogens is 1. The standard InChI is InChI=1S/C22H21N3O/c26-22(17-5-3-4-16(12-17)21-14-24-21)25-10-8-15(9-11-25)19-13-23-20-7-2-1-6-18(19)20/h1-7,12-15,21,23H,8-11H2. The van der Waals surface area contributed by atoms with Crippen LogP contribution in [-0.4, -0.2) is 35.1 Å². The molecule has 130 valence electrons. The molecule has 1 saturated heterocycles. The molecule has 0 aliphatic carbocycles. The summed E-state index contributed by atoms with van der Waals surface area (Å²) in [6, 6.07) is 16.6. The number of likely N-dealkylation sites (tertiary alicyclic amines) is 1. The first-order chi connectivity index (χ1) is 12.8. The SMILES string of the molecule is O=C(c1cccc(C2C=N2)c1)N1CCC(c2c[nH]c3ccccc23)CC1. The third-order valence-electron chi connectivity index (χ3n) is 5.62. The van der Waals surface area contributed by atoms with Gasteiger partial charge in [-0.05, 0) is 48.1 Å².